The van der Waals surface area contributed by atoms with E-state index in [4.69, 9.17) is 9.47 Å². The molecule has 2 amide bonds. The van der Waals surface area contributed by atoms with Crippen molar-refractivity contribution in [3.8, 4) is 5.75 Å². The second kappa shape index (κ2) is 7.70. The van der Waals surface area contributed by atoms with E-state index in [1.54, 1.807) is 38.1 Å². The van der Waals surface area contributed by atoms with Crippen molar-refractivity contribution in [2.75, 3.05) is 13.7 Å². The molecule has 1 aliphatic heterocycles. The van der Waals surface area contributed by atoms with Gasteiger partial charge in [-0.1, -0.05) is 38.1 Å². The van der Waals surface area contributed by atoms with E-state index >= 15 is 0 Å². The first-order valence-corrected chi connectivity index (χ1v) is 10.2. The summed E-state index contributed by atoms with van der Waals surface area (Å²) >= 11 is 0. The van der Waals surface area contributed by atoms with E-state index in [1.165, 1.54) is 7.11 Å². The lowest BCUT2D eigenvalue weighted by atomic mass is 9.85. The Morgan fingerprint density at radius 2 is 1.73 bits per heavy atom. The number of nitrogens with zero attached hydrogens (tertiary/aromatic N) is 1. The van der Waals surface area contributed by atoms with Crippen molar-refractivity contribution >= 4 is 23.6 Å². The molecule has 2 bridgehead atoms. The molecule has 1 saturated carbocycles. The number of hydrogen-bond acceptors (Lipinski definition) is 6. The van der Waals surface area contributed by atoms with Crippen LogP contribution in [0.25, 0.3) is 0 Å². The van der Waals surface area contributed by atoms with E-state index in [1.807, 2.05) is 12.2 Å². The van der Waals surface area contributed by atoms with Gasteiger partial charge in [-0.3, -0.25) is 19.3 Å². The van der Waals surface area contributed by atoms with Gasteiger partial charge < -0.3 is 9.47 Å². The number of carbonyl (C=O) groups is 4. The number of rotatable bonds is 7. The molecule has 0 aromatic heterocycles. The largest absolute Gasteiger partial charge is 0.497 e. The monoisotopic (exact) mass is 411 g/mol. The molecule has 0 spiro atoms. The van der Waals surface area contributed by atoms with Crippen LogP contribution in [0.2, 0.25) is 0 Å². The first-order valence-electron chi connectivity index (χ1n) is 10.2. The third-order valence-electron chi connectivity index (χ3n) is 6.39. The average molecular weight is 411 g/mol. The molecule has 7 nitrogen and oxygen atoms in total. The third-order valence-corrected chi connectivity index (χ3v) is 6.39. The summed E-state index contributed by atoms with van der Waals surface area (Å²) < 4.78 is 10.4. The summed E-state index contributed by atoms with van der Waals surface area (Å²) in [5.41, 5.74) is 0.355. The molecule has 1 aromatic rings. The standard InChI is InChI=1S/C23H25NO6/c1-12(2)20(23(28)30-11-17(25)13-5-4-6-16(10-13)29-3)24-21(26)18-14-7-8-15(9-14)19(18)22(24)27/h4-8,10,12,14-15,18-20H,9,11H2,1-3H3/t14-,15-,18+,19+,20-/m0/s1. The van der Waals surface area contributed by atoms with E-state index in [2.05, 4.69) is 0 Å². The van der Waals surface area contributed by atoms with Crippen molar-refractivity contribution in [2.24, 2.45) is 29.6 Å². The van der Waals surface area contributed by atoms with Crippen molar-refractivity contribution in [3.63, 3.8) is 0 Å². The van der Waals surface area contributed by atoms with E-state index in [-0.39, 0.29) is 47.2 Å². The fourth-order valence-electron chi connectivity index (χ4n) is 4.98. The molecule has 7 heteroatoms. The van der Waals surface area contributed by atoms with Gasteiger partial charge in [-0.25, -0.2) is 4.79 Å². The highest BCUT2D eigenvalue weighted by Gasteiger charge is 2.61. The van der Waals surface area contributed by atoms with Crippen LogP contribution >= 0.6 is 0 Å². The van der Waals surface area contributed by atoms with Crippen LogP contribution in [0.1, 0.15) is 30.6 Å². The van der Waals surface area contributed by atoms with Crippen molar-refractivity contribution in [1.29, 1.82) is 0 Å². The molecular formula is C23H25NO6. The van der Waals surface area contributed by atoms with Gasteiger partial charge >= 0.3 is 5.97 Å². The Balaban J connectivity index is 1.47. The molecule has 1 aromatic carbocycles. The molecule has 2 fully saturated rings. The van der Waals surface area contributed by atoms with Crippen molar-refractivity contribution in [3.05, 3.63) is 42.0 Å². The molecule has 158 valence electrons. The number of Topliss-reactive ketones (excluding diaryl/α,β-unsaturated/α-hetero) is 1. The van der Waals surface area contributed by atoms with Gasteiger partial charge in [-0.15, -0.1) is 0 Å². The fraction of sp³-hybridized carbons (Fsp3) is 0.478. The normalized spacial score (nSPS) is 27.5. The highest BCUT2D eigenvalue weighted by Crippen LogP contribution is 2.53. The Labute approximate surface area is 175 Å². The van der Waals surface area contributed by atoms with E-state index < -0.39 is 18.6 Å². The minimum absolute atomic E-state index is 0.0694. The first kappa shape index (κ1) is 20.3. The Morgan fingerprint density at radius 1 is 1.10 bits per heavy atom. The van der Waals surface area contributed by atoms with Crippen LogP contribution in [0.5, 0.6) is 5.75 Å². The number of amides is 2. The van der Waals surface area contributed by atoms with Gasteiger partial charge in [-0.2, -0.15) is 0 Å². The summed E-state index contributed by atoms with van der Waals surface area (Å²) in [6, 6.07) is 5.52. The second-order valence-corrected chi connectivity index (χ2v) is 8.50. The number of hydrogen-bond donors (Lipinski definition) is 0. The number of carbonyl (C=O) groups excluding carboxylic acids is 4. The van der Waals surface area contributed by atoms with Crippen molar-refractivity contribution in [2.45, 2.75) is 26.3 Å². The SMILES string of the molecule is COc1cccc(C(=O)COC(=O)[C@H](C(C)C)N2C(=O)[C@H]3[C@H](C2=O)[C@H]2C=C[C@H]3C2)c1. The Kier molecular flexibility index (Phi) is 5.22. The maximum absolute atomic E-state index is 13.1. The predicted molar refractivity (Wildman–Crippen MR) is 106 cm³/mol. The molecule has 1 heterocycles. The maximum atomic E-state index is 13.1. The van der Waals surface area contributed by atoms with Gasteiger partial charge in [0, 0.05) is 5.56 Å². The molecule has 0 N–H and O–H groups in total. The summed E-state index contributed by atoms with van der Waals surface area (Å²) in [4.78, 5) is 52.5. The second-order valence-electron chi connectivity index (χ2n) is 8.50. The molecule has 1 saturated heterocycles. The lowest BCUT2D eigenvalue weighted by Gasteiger charge is -2.28. The number of fused-ring (bicyclic) bond motifs is 5. The highest BCUT2D eigenvalue weighted by atomic mass is 16.5. The van der Waals surface area contributed by atoms with E-state index in [9.17, 15) is 19.2 Å². The summed E-state index contributed by atoms with van der Waals surface area (Å²) in [5, 5.41) is 0. The zero-order valence-electron chi connectivity index (χ0n) is 17.2. The number of ether oxygens (including phenoxy) is 2. The first-order chi connectivity index (χ1) is 14.3. The van der Waals surface area contributed by atoms with Crippen LogP contribution < -0.4 is 4.74 Å². The molecular weight excluding hydrogens is 386 g/mol. The van der Waals surface area contributed by atoms with Gasteiger partial charge in [0.1, 0.15) is 11.8 Å². The van der Waals surface area contributed by atoms with Gasteiger partial charge in [0.25, 0.3) is 0 Å². The number of benzene rings is 1. The van der Waals surface area contributed by atoms with E-state index in [0.717, 1.165) is 11.3 Å². The quantitative estimate of drug-likeness (QED) is 0.296. The Morgan fingerprint density at radius 3 is 2.30 bits per heavy atom. The highest BCUT2D eigenvalue weighted by molar-refractivity contribution is 6.09. The number of imide groups is 1. The smallest absolute Gasteiger partial charge is 0.330 e. The zero-order valence-corrected chi connectivity index (χ0v) is 17.2. The van der Waals surface area contributed by atoms with Gasteiger partial charge in [0.05, 0.1) is 18.9 Å². The molecule has 0 unspecified atom stereocenters. The average Bonchev–Trinajstić information content (AvgIpc) is 3.42. The number of ketones is 1. The molecule has 0 radical (unpaired) electrons. The summed E-state index contributed by atoms with van der Waals surface area (Å²) in [6.45, 7) is 3.06. The van der Waals surface area contributed by atoms with Crippen LogP contribution in [0.4, 0.5) is 0 Å². The summed E-state index contributed by atoms with van der Waals surface area (Å²) in [7, 11) is 1.50. The van der Waals surface area contributed by atoms with Crippen LogP contribution in [0.15, 0.2) is 36.4 Å². The number of allylic oxidation sites excluding steroid dienone is 2. The Bertz CT molecular complexity index is 905. The van der Waals surface area contributed by atoms with Crippen LogP contribution in [0.3, 0.4) is 0 Å². The number of methoxy groups -OCH3 is 1. The van der Waals surface area contributed by atoms with Crippen LogP contribution in [-0.4, -0.2) is 48.2 Å². The molecule has 5 atom stereocenters. The number of likely N-dealkylation sites (tertiary alicyclic amines) is 1. The lowest BCUT2D eigenvalue weighted by Crippen LogP contribution is -2.50. The molecule has 4 rings (SSSR count). The van der Waals surface area contributed by atoms with Crippen molar-refractivity contribution < 1.29 is 28.7 Å². The van der Waals surface area contributed by atoms with Gasteiger partial charge in [0.15, 0.2) is 12.4 Å². The predicted octanol–water partition coefficient (Wildman–Crippen LogP) is 2.25. The van der Waals surface area contributed by atoms with E-state index in [0.29, 0.717) is 11.3 Å². The fourth-order valence-corrected chi connectivity index (χ4v) is 4.98. The zero-order chi connectivity index (χ0) is 21.6. The van der Waals surface area contributed by atoms with Crippen molar-refractivity contribution in [1.82, 2.24) is 4.90 Å². The molecule has 30 heavy (non-hydrogen) atoms. The van der Waals surface area contributed by atoms with Gasteiger partial charge in [-0.05, 0) is 36.3 Å². The van der Waals surface area contributed by atoms with Gasteiger partial charge in [0.2, 0.25) is 11.8 Å². The maximum Gasteiger partial charge on any atom is 0.330 e. The molecule has 3 aliphatic rings. The topological polar surface area (TPSA) is 90.0 Å². The summed E-state index contributed by atoms with van der Waals surface area (Å²) in [5.74, 6) is -2.13. The lowest BCUT2D eigenvalue weighted by molar-refractivity contribution is -0.160. The minimum atomic E-state index is -1.03. The van der Waals surface area contributed by atoms with Crippen LogP contribution in [-0.2, 0) is 19.1 Å². The Hall–Kier alpha value is -2.96. The number of esters is 1. The third kappa shape index (κ3) is 3.22. The minimum Gasteiger partial charge on any atom is -0.497 e. The van der Waals surface area contributed by atoms with Crippen LogP contribution in [0, 0.1) is 29.6 Å². The molecule has 2 aliphatic carbocycles. The summed E-state index contributed by atoms with van der Waals surface area (Å²) in [6.07, 6.45) is 4.85.